The van der Waals surface area contributed by atoms with Crippen LogP contribution < -0.4 is 4.90 Å². The van der Waals surface area contributed by atoms with E-state index in [0.29, 0.717) is 5.75 Å². The zero-order chi connectivity index (χ0) is 31.6. The number of pyridine rings is 2. The van der Waals surface area contributed by atoms with Crippen LogP contribution in [-0.2, 0) is 10.8 Å². The Hall–Kier alpha value is -4.44. The third-order valence-electron chi connectivity index (χ3n) is 9.35. The van der Waals surface area contributed by atoms with Crippen LogP contribution in [0.5, 0.6) is 5.75 Å². The van der Waals surface area contributed by atoms with Gasteiger partial charge in [-0.15, -0.1) is 0 Å². The fourth-order valence-corrected chi connectivity index (χ4v) is 6.95. The van der Waals surface area contributed by atoms with Crippen molar-refractivity contribution in [1.82, 2.24) is 9.97 Å². The summed E-state index contributed by atoms with van der Waals surface area (Å²) in [6, 6.07) is 33.8. The van der Waals surface area contributed by atoms with Crippen molar-refractivity contribution < 1.29 is 5.11 Å². The lowest BCUT2D eigenvalue weighted by Gasteiger charge is -2.32. The fourth-order valence-electron chi connectivity index (χ4n) is 6.95. The summed E-state index contributed by atoms with van der Waals surface area (Å²) in [6.45, 7) is 11.3. The molecule has 2 aromatic heterocycles. The van der Waals surface area contributed by atoms with Crippen LogP contribution in [0.2, 0.25) is 0 Å². The van der Waals surface area contributed by atoms with Gasteiger partial charge in [0.15, 0.2) is 0 Å². The summed E-state index contributed by atoms with van der Waals surface area (Å²) in [5, 5.41) is 11.3. The molecule has 1 aliphatic rings. The van der Waals surface area contributed by atoms with Gasteiger partial charge in [0.2, 0.25) is 0 Å². The number of para-hydroxylation sites is 1. The van der Waals surface area contributed by atoms with E-state index in [9.17, 15) is 5.11 Å². The molecule has 45 heavy (non-hydrogen) atoms. The number of hydrogen-bond acceptors (Lipinski definition) is 4. The van der Waals surface area contributed by atoms with Crippen molar-refractivity contribution in [3.05, 3.63) is 120 Å². The van der Waals surface area contributed by atoms with E-state index in [4.69, 9.17) is 9.97 Å². The first-order chi connectivity index (χ1) is 21.8. The SMILES string of the molecule is CCCCC1(CCCC)c2ccc(-c3cc(N(c4ccccc4)c4ccccn4)cc(C(C)(C)C)c3)nc2-c2c(O)cccc21. The van der Waals surface area contributed by atoms with Gasteiger partial charge < -0.3 is 5.11 Å². The van der Waals surface area contributed by atoms with E-state index in [1.807, 2.05) is 36.5 Å². The van der Waals surface area contributed by atoms with E-state index in [0.717, 1.165) is 78.2 Å². The molecule has 0 spiro atoms. The molecule has 2 heterocycles. The van der Waals surface area contributed by atoms with Crippen LogP contribution in [0.3, 0.4) is 0 Å². The van der Waals surface area contributed by atoms with Gasteiger partial charge in [-0.3, -0.25) is 4.90 Å². The van der Waals surface area contributed by atoms with Crippen LogP contribution in [0.1, 0.15) is 89.8 Å². The molecule has 0 fully saturated rings. The van der Waals surface area contributed by atoms with Crippen molar-refractivity contribution in [2.24, 2.45) is 0 Å². The van der Waals surface area contributed by atoms with Gasteiger partial charge in [0.1, 0.15) is 11.6 Å². The third-order valence-corrected chi connectivity index (χ3v) is 9.35. The maximum Gasteiger partial charge on any atom is 0.137 e. The van der Waals surface area contributed by atoms with Crippen molar-refractivity contribution in [2.45, 2.75) is 84.0 Å². The lowest BCUT2D eigenvalue weighted by atomic mass is 9.71. The van der Waals surface area contributed by atoms with Gasteiger partial charge in [-0.05, 0) is 89.5 Å². The Morgan fingerprint density at radius 1 is 0.733 bits per heavy atom. The van der Waals surface area contributed by atoms with Crippen LogP contribution in [0.25, 0.3) is 22.5 Å². The standard InChI is InChI=1S/C41H45N3O/c1-6-8-23-41(24-9-7-2)33-18-15-19-36(45)38(33)39-34(41)21-22-35(43-39)29-26-30(40(3,4)5)28-32(27-29)44(31-16-11-10-12-17-31)37-20-13-14-25-42-37/h10-22,25-28,45H,6-9,23-24H2,1-5H3. The number of unbranched alkanes of at least 4 members (excludes halogenated alkanes) is 2. The first kappa shape index (κ1) is 30.6. The Morgan fingerprint density at radius 2 is 1.47 bits per heavy atom. The number of rotatable bonds is 10. The molecular formula is C41H45N3O. The predicted octanol–water partition coefficient (Wildman–Crippen LogP) is 11.3. The largest absolute Gasteiger partial charge is 0.507 e. The van der Waals surface area contributed by atoms with Gasteiger partial charge in [-0.2, -0.15) is 0 Å². The van der Waals surface area contributed by atoms with Crippen molar-refractivity contribution in [3.8, 4) is 28.3 Å². The molecule has 0 aliphatic heterocycles. The molecule has 0 atom stereocenters. The van der Waals surface area contributed by atoms with E-state index in [1.54, 1.807) is 0 Å². The second-order valence-corrected chi connectivity index (χ2v) is 13.5. The van der Waals surface area contributed by atoms with Crippen LogP contribution >= 0.6 is 0 Å². The monoisotopic (exact) mass is 595 g/mol. The molecule has 1 N–H and O–H groups in total. The highest BCUT2D eigenvalue weighted by Gasteiger charge is 2.44. The molecule has 1 aliphatic carbocycles. The van der Waals surface area contributed by atoms with Gasteiger partial charge in [-0.1, -0.05) is 103 Å². The van der Waals surface area contributed by atoms with Gasteiger partial charge in [-0.25, -0.2) is 9.97 Å². The Morgan fingerprint density at radius 3 is 2.13 bits per heavy atom. The van der Waals surface area contributed by atoms with E-state index >= 15 is 0 Å². The Kier molecular flexibility index (Phi) is 8.50. The van der Waals surface area contributed by atoms with E-state index in [2.05, 4.69) is 106 Å². The molecule has 6 rings (SSSR count). The maximum atomic E-state index is 11.3. The van der Waals surface area contributed by atoms with Crippen LogP contribution in [0.15, 0.2) is 103 Å². The first-order valence-corrected chi connectivity index (χ1v) is 16.5. The Labute approximate surface area is 268 Å². The zero-order valence-corrected chi connectivity index (χ0v) is 27.3. The molecule has 3 aromatic carbocycles. The van der Waals surface area contributed by atoms with E-state index < -0.39 is 0 Å². The van der Waals surface area contributed by atoms with Crippen LogP contribution in [-0.4, -0.2) is 15.1 Å². The number of hydrogen-bond donors (Lipinski definition) is 1. The molecular weight excluding hydrogens is 550 g/mol. The Balaban J connectivity index is 1.56. The second-order valence-electron chi connectivity index (χ2n) is 13.5. The number of phenolic OH excluding ortho intramolecular Hbond substituents is 1. The van der Waals surface area contributed by atoms with Crippen molar-refractivity contribution >= 4 is 17.2 Å². The minimum Gasteiger partial charge on any atom is -0.507 e. The summed E-state index contributed by atoms with van der Waals surface area (Å²) < 4.78 is 0. The highest BCUT2D eigenvalue weighted by molar-refractivity contribution is 5.85. The zero-order valence-electron chi connectivity index (χ0n) is 27.3. The number of benzene rings is 3. The maximum absolute atomic E-state index is 11.3. The van der Waals surface area contributed by atoms with Gasteiger partial charge in [0.05, 0.1) is 11.4 Å². The topological polar surface area (TPSA) is 49.2 Å². The van der Waals surface area contributed by atoms with E-state index in [1.165, 1.54) is 16.7 Å². The summed E-state index contributed by atoms with van der Waals surface area (Å²) in [6.07, 6.45) is 8.52. The number of aromatic hydroxyl groups is 1. The van der Waals surface area contributed by atoms with Gasteiger partial charge in [0.25, 0.3) is 0 Å². The molecule has 0 saturated heterocycles. The summed E-state index contributed by atoms with van der Waals surface area (Å²) in [7, 11) is 0. The number of fused-ring (bicyclic) bond motifs is 3. The molecule has 0 unspecified atom stereocenters. The summed E-state index contributed by atoms with van der Waals surface area (Å²) in [4.78, 5) is 12.4. The number of nitrogens with zero attached hydrogens (tertiary/aromatic N) is 3. The smallest absolute Gasteiger partial charge is 0.137 e. The predicted molar refractivity (Wildman–Crippen MR) is 188 cm³/mol. The third kappa shape index (κ3) is 5.75. The van der Waals surface area contributed by atoms with Crippen LogP contribution in [0, 0.1) is 0 Å². The van der Waals surface area contributed by atoms with E-state index in [-0.39, 0.29) is 10.8 Å². The quantitative estimate of drug-likeness (QED) is 0.174. The average Bonchev–Trinajstić information content (AvgIpc) is 3.33. The highest BCUT2D eigenvalue weighted by atomic mass is 16.3. The summed E-state index contributed by atoms with van der Waals surface area (Å²) in [5.74, 6) is 1.18. The lowest BCUT2D eigenvalue weighted by Crippen LogP contribution is -2.25. The lowest BCUT2D eigenvalue weighted by molar-refractivity contribution is 0.412. The first-order valence-electron chi connectivity index (χ1n) is 16.5. The molecule has 230 valence electrons. The fraction of sp³-hybridized carbons (Fsp3) is 0.317. The second kappa shape index (κ2) is 12.5. The van der Waals surface area contributed by atoms with Gasteiger partial charge >= 0.3 is 0 Å². The molecule has 4 heteroatoms. The number of anilines is 3. The summed E-state index contributed by atoms with van der Waals surface area (Å²) >= 11 is 0. The number of aromatic nitrogens is 2. The molecule has 0 bridgehead atoms. The molecule has 0 saturated carbocycles. The molecule has 4 nitrogen and oxygen atoms in total. The van der Waals surface area contributed by atoms with Crippen molar-refractivity contribution in [1.29, 1.82) is 0 Å². The molecule has 5 aromatic rings. The Bertz CT molecular complexity index is 1730. The van der Waals surface area contributed by atoms with Crippen LogP contribution in [0.4, 0.5) is 17.2 Å². The minimum absolute atomic E-state index is 0.0890. The molecule has 0 radical (unpaired) electrons. The van der Waals surface area contributed by atoms with Crippen molar-refractivity contribution in [3.63, 3.8) is 0 Å². The molecule has 0 amide bonds. The minimum atomic E-state index is -0.123. The normalized spacial score (nSPS) is 13.4. The highest BCUT2D eigenvalue weighted by Crippen LogP contribution is 2.56. The van der Waals surface area contributed by atoms with Crippen molar-refractivity contribution in [2.75, 3.05) is 4.90 Å². The average molecular weight is 596 g/mol. The summed E-state index contributed by atoms with van der Waals surface area (Å²) in [5.41, 5.74) is 9.39. The number of phenols is 1. The van der Waals surface area contributed by atoms with Gasteiger partial charge in [0, 0.05) is 34.1 Å².